The normalized spacial score (nSPS) is 10.7. The lowest BCUT2D eigenvalue weighted by Crippen LogP contribution is -1.89. The highest BCUT2D eigenvalue weighted by molar-refractivity contribution is 5.86. The minimum atomic E-state index is -0.680. The molecule has 0 saturated heterocycles. The van der Waals surface area contributed by atoms with E-state index in [1.807, 2.05) is 30.3 Å². The Morgan fingerprint density at radius 3 is 2.20 bits per heavy atom. The van der Waals surface area contributed by atoms with Gasteiger partial charge in [0.25, 0.3) is 0 Å². The minimum Gasteiger partial charge on any atom is -0.367 e. The molecule has 100 valence electrons. The van der Waals surface area contributed by atoms with Gasteiger partial charge in [0.2, 0.25) is 5.88 Å². The van der Waals surface area contributed by atoms with Gasteiger partial charge in [0, 0.05) is 11.6 Å². The van der Waals surface area contributed by atoms with Gasteiger partial charge in [-0.2, -0.15) is 0 Å². The predicted molar refractivity (Wildman–Crippen MR) is 71.7 cm³/mol. The van der Waals surface area contributed by atoms with E-state index in [1.165, 1.54) is 12.1 Å². The van der Waals surface area contributed by atoms with E-state index in [2.05, 4.69) is 5.16 Å². The molecule has 0 bridgehead atoms. The van der Waals surface area contributed by atoms with Crippen LogP contribution >= 0.6 is 0 Å². The standard InChI is InChI=1S/C15H10F2N2O/c16-11-6-10(7-12(17)8-11)14-13(15(18)20-19-14)9-4-2-1-3-5-9/h1-8H,18H2. The Balaban J connectivity index is 2.21. The van der Waals surface area contributed by atoms with E-state index >= 15 is 0 Å². The number of hydrogen-bond donors (Lipinski definition) is 1. The van der Waals surface area contributed by atoms with Crippen LogP contribution in [0.25, 0.3) is 22.4 Å². The third-order valence-corrected chi connectivity index (χ3v) is 2.92. The molecule has 0 spiro atoms. The third-order valence-electron chi connectivity index (χ3n) is 2.92. The number of aromatic nitrogens is 1. The van der Waals surface area contributed by atoms with Crippen LogP contribution in [0.4, 0.5) is 14.7 Å². The molecule has 0 aliphatic carbocycles. The summed E-state index contributed by atoms with van der Waals surface area (Å²) in [5.41, 5.74) is 7.65. The topological polar surface area (TPSA) is 52.0 Å². The minimum absolute atomic E-state index is 0.107. The van der Waals surface area contributed by atoms with Gasteiger partial charge in [-0.1, -0.05) is 35.5 Å². The predicted octanol–water partition coefficient (Wildman–Crippen LogP) is 3.87. The van der Waals surface area contributed by atoms with Crippen LogP contribution in [0.15, 0.2) is 53.1 Å². The highest BCUT2D eigenvalue weighted by Crippen LogP contribution is 2.36. The van der Waals surface area contributed by atoms with Crippen molar-refractivity contribution >= 4 is 5.88 Å². The Morgan fingerprint density at radius 1 is 0.900 bits per heavy atom. The van der Waals surface area contributed by atoms with Gasteiger partial charge in [-0.25, -0.2) is 8.78 Å². The van der Waals surface area contributed by atoms with E-state index in [0.717, 1.165) is 11.6 Å². The van der Waals surface area contributed by atoms with Crippen LogP contribution in [0.1, 0.15) is 0 Å². The molecule has 2 aromatic carbocycles. The Kier molecular flexibility index (Phi) is 2.95. The maximum atomic E-state index is 13.3. The fourth-order valence-corrected chi connectivity index (χ4v) is 2.07. The Morgan fingerprint density at radius 2 is 1.55 bits per heavy atom. The largest absolute Gasteiger partial charge is 0.367 e. The quantitative estimate of drug-likeness (QED) is 0.770. The van der Waals surface area contributed by atoms with Crippen molar-refractivity contribution in [2.45, 2.75) is 0 Å². The molecule has 0 aliphatic rings. The number of hydrogen-bond acceptors (Lipinski definition) is 3. The number of benzene rings is 2. The molecule has 0 saturated carbocycles. The smallest absolute Gasteiger partial charge is 0.230 e. The molecule has 5 heteroatoms. The molecule has 20 heavy (non-hydrogen) atoms. The fourth-order valence-electron chi connectivity index (χ4n) is 2.07. The maximum Gasteiger partial charge on any atom is 0.230 e. The lowest BCUT2D eigenvalue weighted by atomic mass is 10.0. The van der Waals surface area contributed by atoms with Crippen molar-refractivity contribution in [1.29, 1.82) is 0 Å². The molecule has 0 aliphatic heterocycles. The lowest BCUT2D eigenvalue weighted by molar-refractivity contribution is 0.439. The van der Waals surface area contributed by atoms with Crippen molar-refractivity contribution in [3.63, 3.8) is 0 Å². The molecule has 3 nitrogen and oxygen atoms in total. The first-order valence-corrected chi connectivity index (χ1v) is 5.92. The van der Waals surface area contributed by atoms with Crippen LogP contribution in [0.3, 0.4) is 0 Å². The average molecular weight is 272 g/mol. The summed E-state index contributed by atoms with van der Waals surface area (Å²) in [5, 5.41) is 3.81. The molecule has 0 fully saturated rings. The summed E-state index contributed by atoms with van der Waals surface area (Å²) in [6, 6.07) is 12.3. The van der Waals surface area contributed by atoms with Gasteiger partial charge in [0.05, 0.1) is 5.56 Å². The second kappa shape index (κ2) is 4.77. The zero-order valence-corrected chi connectivity index (χ0v) is 10.3. The second-order valence-electron chi connectivity index (χ2n) is 4.29. The molecule has 0 radical (unpaired) electrons. The first kappa shape index (κ1) is 12.3. The molecule has 0 amide bonds. The molecule has 1 aromatic heterocycles. The number of nitrogens with zero attached hydrogens (tertiary/aromatic N) is 1. The Bertz CT molecular complexity index is 734. The van der Waals surface area contributed by atoms with Gasteiger partial charge in [-0.15, -0.1) is 0 Å². The zero-order valence-electron chi connectivity index (χ0n) is 10.3. The fraction of sp³-hybridized carbons (Fsp3) is 0. The number of nitrogens with two attached hydrogens (primary N) is 1. The van der Waals surface area contributed by atoms with Crippen LogP contribution in [0, 0.1) is 11.6 Å². The summed E-state index contributed by atoms with van der Waals surface area (Å²) >= 11 is 0. The van der Waals surface area contributed by atoms with E-state index in [4.69, 9.17) is 10.3 Å². The van der Waals surface area contributed by atoms with Crippen molar-refractivity contribution in [1.82, 2.24) is 5.16 Å². The molecular weight excluding hydrogens is 262 g/mol. The highest BCUT2D eigenvalue weighted by Gasteiger charge is 2.18. The summed E-state index contributed by atoms with van der Waals surface area (Å²) in [7, 11) is 0. The van der Waals surface area contributed by atoms with E-state index < -0.39 is 11.6 Å². The number of rotatable bonds is 2. The van der Waals surface area contributed by atoms with Crippen LogP contribution in [-0.4, -0.2) is 5.16 Å². The number of nitrogen functional groups attached to an aromatic ring is 1. The summed E-state index contributed by atoms with van der Waals surface area (Å²) in [6.45, 7) is 0. The Labute approximate surface area is 113 Å². The van der Waals surface area contributed by atoms with Gasteiger partial charge in [-0.05, 0) is 17.7 Å². The van der Waals surface area contributed by atoms with Crippen molar-refractivity contribution in [3.05, 3.63) is 60.2 Å². The summed E-state index contributed by atoms with van der Waals surface area (Å²) in [5.74, 6) is -1.25. The molecule has 3 aromatic rings. The van der Waals surface area contributed by atoms with Gasteiger partial charge < -0.3 is 10.3 Å². The van der Waals surface area contributed by atoms with E-state index in [-0.39, 0.29) is 11.4 Å². The van der Waals surface area contributed by atoms with Crippen molar-refractivity contribution in [3.8, 4) is 22.4 Å². The molecule has 1 heterocycles. The summed E-state index contributed by atoms with van der Waals surface area (Å²) in [4.78, 5) is 0. The summed E-state index contributed by atoms with van der Waals surface area (Å²) in [6.07, 6.45) is 0. The molecule has 3 rings (SSSR count). The van der Waals surface area contributed by atoms with Crippen LogP contribution in [-0.2, 0) is 0 Å². The maximum absolute atomic E-state index is 13.3. The van der Waals surface area contributed by atoms with Crippen molar-refractivity contribution < 1.29 is 13.3 Å². The van der Waals surface area contributed by atoms with E-state index in [1.54, 1.807) is 0 Å². The third kappa shape index (κ3) is 2.14. The van der Waals surface area contributed by atoms with Gasteiger partial charge in [0.1, 0.15) is 17.3 Å². The molecule has 2 N–H and O–H groups in total. The zero-order chi connectivity index (χ0) is 14.1. The Hall–Kier alpha value is -2.69. The second-order valence-corrected chi connectivity index (χ2v) is 4.29. The average Bonchev–Trinajstić information content (AvgIpc) is 2.80. The number of anilines is 1. The number of halogens is 2. The van der Waals surface area contributed by atoms with Gasteiger partial charge in [0.15, 0.2) is 0 Å². The summed E-state index contributed by atoms with van der Waals surface area (Å²) < 4.78 is 31.6. The molecule has 0 atom stereocenters. The van der Waals surface area contributed by atoms with Crippen LogP contribution < -0.4 is 5.73 Å². The van der Waals surface area contributed by atoms with Crippen molar-refractivity contribution in [2.75, 3.05) is 5.73 Å². The SMILES string of the molecule is Nc1onc(-c2cc(F)cc(F)c2)c1-c1ccccc1. The first-order chi connectivity index (χ1) is 9.65. The van der Waals surface area contributed by atoms with Crippen LogP contribution in [0.5, 0.6) is 0 Å². The van der Waals surface area contributed by atoms with E-state index in [9.17, 15) is 8.78 Å². The highest BCUT2D eigenvalue weighted by atomic mass is 19.1. The first-order valence-electron chi connectivity index (χ1n) is 5.92. The molecular formula is C15H10F2N2O. The molecule has 0 unspecified atom stereocenters. The van der Waals surface area contributed by atoms with E-state index in [0.29, 0.717) is 11.3 Å². The van der Waals surface area contributed by atoms with Gasteiger partial charge in [-0.3, -0.25) is 0 Å². The lowest BCUT2D eigenvalue weighted by Gasteiger charge is -2.03. The van der Waals surface area contributed by atoms with Crippen LogP contribution in [0.2, 0.25) is 0 Å². The van der Waals surface area contributed by atoms with Gasteiger partial charge >= 0.3 is 0 Å². The van der Waals surface area contributed by atoms with Crippen molar-refractivity contribution in [2.24, 2.45) is 0 Å². The monoisotopic (exact) mass is 272 g/mol.